The zero-order valence-electron chi connectivity index (χ0n) is 14.7. The highest BCUT2D eigenvalue weighted by atomic mass is 16.2. The van der Waals surface area contributed by atoms with Crippen LogP contribution in [0.3, 0.4) is 0 Å². The molecule has 28 heavy (non-hydrogen) atoms. The van der Waals surface area contributed by atoms with E-state index in [1.54, 1.807) is 67.3 Å². The Morgan fingerprint density at radius 1 is 0.750 bits per heavy atom. The fourth-order valence-corrected chi connectivity index (χ4v) is 2.17. The molecule has 0 bridgehead atoms. The van der Waals surface area contributed by atoms with Gasteiger partial charge in [0.25, 0.3) is 11.8 Å². The molecule has 0 aliphatic heterocycles. The third-order valence-electron chi connectivity index (χ3n) is 3.52. The number of aromatic nitrogens is 2. The van der Waals surface area contributed by atoms with Crippen LogP contribution in [0.25, 0.3) is 0 Å². The lowest BCUT2D eigenvalue weighted by Crippen LogP contribution is -2.20. The number of hydrazone groups is 2. The van der Waals surface area contributed by atoms with Crippen molar-refractivity contribution in [2.24, 2.45) is 10.2 Å². The maximum absolute atomic E-state index is 12.2. The normalized spacial score (nSPS) is 10.9. The highest BCUT2D eigenvalue weighted by Gasteiger charge is 2.09. The number of carbonyl (C=O) groups excluding carboxylic acids is 2. The second-order valence-corrected chi connectivity index (χ2v) is 5.55. The molecule has 0 saturated carbocycles. The number of benzene rings is 1. The summed E-state index contributed by atoms with van der Waals surface area (Å²) >= 11 is 0. The number of hydrogen-bond acceptors (Lipinski definition) is 6. The van der Waals surface area contributed by atoms with Crippen LogP contribution in [0.1, 0.15) is 31.8 Å². The van der Waals surface area contributed by atoms with E-state index >= 15 is 0 Å². The molecule has 2 N–H and O–H groups in total. The Kier molecular flexibility index (Phi) is 6.30. The average Bonchev–Trinajstić information content (AvgIpc) is 2.75. The molecule has 0 unspecified atom stereocenters. The standard InChI is InChI=1S/C20H16N6O2/c27-19(25-23-13-15-4-2-8-21-11-15)17-6-1-7-18(10-17)20(28)26-24-14-16-5-3-9-22-12-16/h1-14H,(H,25,27)(H,26,28)/b23-13-,24-14-. The first-order chi connectivity index (χ1) is 13.7. The van der Waals surface area contributed by atoms with Gasteiger partial charge in [0, 0.05) is 47.0 Å². The van der Waals surface area contributed by atoms with Gasteiger partial charge >= 0.3 is 0 Å². The lowest BCUT2D eigenvalue weighted by atomic mass is 10.1. The van der Waals surface area contributed by atoms with Gasteiger partial charge in [0.15, 0.2) is 0 Å². The molecule has 2 heterocycles. The van der Waals surface area contributed by atoms with Gasteiger partial charge in [-0.1, -0.05) is 18.2 Å². The smallest absolute Gasteiger partial charge is 0.267 e. The number of pyridine rings is 2. The Balaban J connectivity index is 1.59. The second-order valence-electron chi connectivity index (χ2n) is 5.55. The number of rotatable bonds is 6. The molecule has 0 spiro atoms. The molecule has 3 rings (SSSR count). The topological polar surface area (TPSA) is 109 Å². The Morgan fingerprint density at radius 3 is 1.68 bits per heavy atom. The summed E-state index contributed by atoms with van der Waals surface area (Å²) in [5.74, 6) is -0.873. The summed E-state index contributed by atoms with van der Waals surface area (Å²) in [7, 11) is 0. The highest BCUT2D eigenvalue weighted by Crippen LogP contribution is 2.05. The van der Waals surface area contributed by atoms with Gasteiger partial charge in [0.05, 0.1) is 12.4 Å². The van der Waals surface area contributed by atoms with Crippen molar-refractivity contribution in [3.8, 4) is 0 Å². The fourth-order valence-electron chi connectivity index (χ4n) is 2.17. The lowest BCUT2D eigenvalue weighted by molar-refractivity contribution is 0.0954. The minimum atomic E-state index is -0.436. The molecule has 0 aliphatic rings. The minimum Gasteiger partial charge on any atom is -0.267 e. The van der Waals surface area contributed by atoms with Crippen LogP contribution in [0.15, 0.2) is 83.5 Å². The Bertz CT molecular complexity index is 925. The Labute approximate surface area is 161 Å². The zero-order valence-corrected chi connectivity index (χ0v) is 14.7. The molecule has 1 aromatic carbocycles. The predicted molar refractivity (Wildman–Crippen MR) is 105 cm³/mol. The van der Waals surface area contributed by atoms with Crippen LogP contribution in [0.5, 0.6) is 0 Å². The molecule has 0 radical (unpaired) electrons. The van der Waals surface area contributed by atoms with Crippen LogP contribution < -0.4 is 10.9 Å². The van der Waals surface area contributed by atoms with Crippen LogP contribution in [-0.4, -0.2) is 34.2 Å². The SMILES string of the molecule is O=C(N/N=C\c1cccnc1)c1cccc(C(=O)N/N=C\c2cccnc2)c1. The maximum atomic E-state index is 12.2. The summed E-state index contributed by atoms with van der Waals surface area (Å²) in [4.78, 5) is 32.3. The van der Waals surface area contributed by atoms with Crippen LogP contribution >= 0.6 is 0 Å². The first-order valence-corrected chi connectivity index (χ1v) is 8.29. The quantitative estimate of drug-likeness (QED) is 0.509. The van der Waals surface area contributed by atoms with Gasteiger partial charge in [0.2, 0.25) is 0 Å². The number of nitrogens with one attached hydrogen (secondary N) is 2. The second kappa shape index (κ2) is 9.48. The van der Waals surface area contributed by atoms with Crippen molar-refractivity contribution in [3.05, 3.63) is 95.6 Å². The fraction of sp³-hybridized carbons (Fsp3) is 0. The van der Waals surface area contributed by atoms with Crippen molar-refractivity contribution in [3.63, 3.8) is 0 Å². The largest absolute Gasteiger partial charge is 0.271 e. The minimum absolute atomic E-state index is 0.298. The predicted octanol–water partition coefficient (Wildman–Crippen LogP) is 2.00. The van der Waals surface area contributed by atoms with Crippen LogP contribution in [0, 0.1) is 0 Å². The molecule has 0 aliphatic carbocycles. The zero-order chi connectivity index (χ0) is 19.6. The number of carbonyl (C=O) groups is 2. The molecule has 8 nitrogen and oxygen atoms in total. The Morgan fingerprint density at radius 2 is 1.25 bits per heavy atom. The van der Waals surface area contributed by atoms with E-state index in [1.165, 1.54) is 18.5 Å². The summed E-state index contributed by atoms with van der Waals surface area (Å²) < 4.78 is 0. The molecule has 3 aromatic rings. The number of nitrogens with zero attached hydrogens (tertiary/aromatic N) is 4. The van der Waals surface area contributed by atoms with Gasteiger partial charge in [0.1, 0.15) is 0 Å². The summed E-state index contributed by atoms with van der Waals surface area (Å²) in [5.41, 5.74) is 6.93. The van der Waals surface area contributed by atoms with Gasteiger partial charge in [-0.3, -0.25) is 19.6 Å². The number of hydrogen-bond donors (Lipinski definition) is 2. The summed E-state index contributed by atoms with van der Waals surface area (Å²) in [5, 5.41) is 7.76. The summed E-state index contributed by atoms with van der Waals surface area (Å²) in [6.45, 7) is 0. The molecule has 0 fully saturated rings. The molecular formula is C20H16N6O2. The van der Waals surface area contributed by atoms with Crippen molar-refractivity contribution >= 4 is 24.2 Å². The molecule has 0 saturated heterocycles. The number of amides is 2. The third kappa shape index (κ3) is 5.40. The molecule has 2 amide bonds. The van der Waals surface area contributed by atoms with E-state index in [0.717, 1.165) is 11.1 Å². The molecule has 8 heteroatoms. The van der Waals surface area contributed by atoms with E-state index in [0.29, 0.717) is 11.1 Å². The molecule has 2 aromatic heterocycles. The van der Waals surface area contributed by atoms with E-state index in [9.17, 15) is 9.59 Å². The van der Waals surface area contributed by atoms with Crippen LogP contribution in [0.4, 0.5) is 0 Å². The van der Waals surface area contributed by atoms with E-state index < -0.39 is 11.8 Å². The first-order valence-electron chi connectivity index (χ1n) is 8.29. The van der Waals surface area contributed by atoms with E-state index in [1.807, 2.05) is 0 Å². The average molecular weight is 372 g/mol. The van der Waals surface area contributed by atoms with Crippen molar-refractivity contribution in [1.29, 1.82) is 0 Å². The summed E-state index contributed by atoms with van der Waals surface area (Å²) in [6, 6.07) is 13.4. The van der Waals surface area contributed by atoms with Crippen molar-refractivity contribution < 1.29 is 9.59 Å². The molecule has 0 atom stereocenters. The molecular weight excluding hydrogens is 356 g/mol. The lowest BCUT2D eigenvalue weighted by Gasteiger charge is -2.03. The van der Waals surface area contributed by atoms with Crippen molar-refractivity contribution in [2.75, 3.05) is 0 Å². The van der Waals surface area contributed by atoms with Crippen molar-refractivity contribution in [2.45, 2.75) is 0 Å². The third-order valence-corrected chi connectivity index (χ3v) is 3.52. The highest BCUT2D eigenvalue weighted by molar-refractivity contribution is 6.00. The first kappa shape index (κ1) is 18.6. The van der Waals surface area contributed by atoms with Gasteiger partial charge in [-0.25, -0.2) is 10.9 Å². The van der Waals surface area contributed by atoms with Gasteiger partial charge in [-0.15, -0.1) is 0 Å². The van der Waals surface area contributed by atoms with E-state index in [-0.39, 0.29) is 0 Å². The molecule has 138 valence electrons. The van der Waals surface area contributed by atoms with E-state index in [4.69, 9.17) is 0 Å². The van der Waals surface area contributed by atoms with Crippen molar-refractivity contribution in [1.82, 2.24) is 20.8 Å². The van der Waals surface area contributed by atoms with Crippen LogP contribution in [0.2, 0.25) is 0 Å². The van der Waals surface area contributed by atoms with E-state index in [2.05, 4.69) is 31.0 Å². The monoisotopic (exact) mass is 372 g/mol. The van der Waals surface area contributed by atoms with Crippen LogP contribution in [-0.2, 0) is 0 Å². The van der Waals surface area contributed by atoms with Gasteiger partial charge in [-0.05, 0) is 30.3 Å². The van der Waals surface area contributed by atoms with Gasteiger partial charge < -0.3 is 0 Å². The summed E-state index contributed by atoms with van der Waals surface area (Å²) in [6.07, 6.45) is 9.49. The maximum Gasteiger partial charge on any atom is 0.271 e. The van der Waals surface area contributed by atoms with Gasteiger partial charge in [-0.2, -0.15) is 10.2 Å². The Hall–Kier alpha value is -4.20.